The lowest BCUT2D eigenvalue weighted by molar-refractivity contribution is 0.160. The highest BCUT2D eigenvalue weighted by molar-refractivity contribution is 5.89. The molecule has 20 heavy (non-hydrogen) atoms. The maximum Gasteiger partial charge on any atom is 0.319 e. The van der Waals surface area contributed by atoms with E-state index < -0.39 is 0 Å². The molecule has 0 aromatic heterocycles. The van der Waals surface area contributed by atoms with Crippen molar-refractivity contribution in [2.75, 3.05) is 45.7 Å². The Morgan fingerprint density at radius 2 is 2.15 bits per heavy atom. The van der Waals surface area contributed by atoms with Crippen LogP contribution in [0.25, 0.3) is 0 Å². The zero-order valence-corrected chi connectivity index (χ0v) is 12.6. The molecule has 0 aliphatic carbocycles. The number of urea groups is 1. The number of hydrogen-bond donors (Lipinski definition) is 2. The van der Waals surface area contributed by atoms with E-state index in [1.165, 1.54) is 0 Å². The molecule has 5 heteroatoms. The molecule has 0 saturated heterocycles. The van der Waals surface area contributed by atoms with Crippen molar-refractivity contribution in [3.63, 3.8) is 0 Å². The molecule has 0 unspecified atom stereocenters. The van der Waals surface area contributed by atoms with Gasteiger partial charge >= 0.3 is 6.03 Å². The Morgan fingerprint density at radius 1 is 1.35 bits per heavy atom. The zero-order valence-electron chi connectivity index (χ0n) is 12.6. The van der Waals surface area contributed by atoms with E-state index in [0.29, 0.717) is 6.54 Å². The fraction of sp³-hybridized carbons (Fsp3) is 0.533. The van der Waals surface area contributed by atoms with Crippen LogP contribution in [0.2, 0.25) is 0 Å². The second-order valence-corrected chi connectivity index (χ2v) is 4.90. The zero-order chi connectivity index (χ0) is 14.8. The lowest BCUT2D eigenvalue weighted by Crippen LogP contribution is -2.32. The number of nitrogens with one attached hydrogen (secondary N) is 2. The van der Waals surface area contributed by atoms with E-state index >= 15 is 0 Å². The van der Waals surface area contributed by atoms with Crippen molar-refractivity contribution >= 4 is 11.7 Å². The van der Waals surface area contributed by atoms with Gasteiger partial charge in [0, 0.05) is 25.9 Å². The Bertz CT molecular complexity index is 410. The number of carbonyl (C=O) groups excluding carboxylic acids is 1. The summed E-state index contributed by atoms with van der Waals surface area (Å²) in [5.74, 6) is 0. The van der Waals surface area contributed by atoms with Gasteiger partial charge in [-0.05, 0) is 44.6 Å². The monoisotopic (exact) mass is 279 g/mol. The Balaban J connectivity index is 2.14. The van der Waals surface area contributed by atoms with Crippen molar-refractivity contribution in [1.29, 1.82) is 0 Å². The van der Waals surface area contributed by atoms with Crippen LogP contribution in [0, 0.1) is 6.92 Å². The fourth-order valence-electron chi connectivity index (χ4n) is 1.81. The summed E-state index contributed by atoms with van der Waals surface area (Å²) < 4.78 is 5.01. The summed E-state index contributed by atoms with van der Waals surface area (Å²) >= 11 is 0. The van der Waals surface area contributed by atoms with Crippen molar-refractivity contribution in [3.05, 3.63) is 29.8 Å². The Kier molecular flexibility index (Phi) is 7.69. The first kappa shape index (κ1) is 16.5. The molecule has 1 rings (SSSR count). The van der Waals surface area contributed by atoms with Crippen molar-refractivity contribution in [1.82, 2.24) is 10.2 Å². The number of benzene rings is 1. The van der Waals surface area contributed by atoms with Gasteiger partial charge in [0.2, 0.25) is 0 Å². The molecule has 2 amide bonds. The van der Waals surface area contributed by atoms with Crippen LogP contribution in [0.4, 0.5) is 10.5 Å². The van der Waals surface area contributed by atoms with Gasteiger partial charge in [-0.15, -0.1) is 0 Å². The summed E-state index contributed by atoms with van der Waals surface area (Å²) in [5, 5.41) is 5.68. The molecule has 2 N–H and O–H groups in total. The van der Waals surface area contributed by atoms with Crippen LogP contribution in [0.3, 0.4) is 0 Å². The van der Waals surface area contributed by atoms with Crippen LogP contribution in [-0.4, -0.2) is 51.3 Å². The van der Waals surface area contributed by atoms with Crippen LogP contribution in [-0.2, 0) is 4.74 Å². The minimum atomic E-state index is -0.157. The Hall–Kier alpha value is -1.59. The lowest BCUT2D eigenvalue weighted by atomic mass is 10.2. The molecule has 0 aliphatic rings. The predicted octanol–water partition coefficient (Wildman–Crippen LogP) is 2.08. The number of carbonyl (C=O) groups is 1. The summed E-state index contributed by atoms with van der Waals surface area (Å²) in [7, 11) is 3.75. The molecule has 5 nitrogen and oxygen atoms in total. The van der Waals surface area contributed by atoms with E-state index in [1.54, 1.807) is 7.11 Å². The van der Waals surface area contributed by atoms with Gasteiger partial charge < -0.3 is 20.3 Å². The third-order valence-electron chi connectivity index (χ3n) is 2.96. The highest BCUT2D eigenvalue weighted by atomic mass is 16.5. The second-order valence-electron chi connectivity index (χ2n) is 4.90. The molecule has 112 valence electrons. The van der Waals surface area contributed by atoms with E-state index in [-0.39, 0.29) is 6.03 Å². The van der Waals surface area contributed by atoms with Crippen LogP contribution >= 0.6 is 0 Å². The first-order chi connectivity index (χ1) is 9.61. The molecular formula is C15H25N3O2. The number of amides is 2. The molecule has 1 aromatic rings. The van der Waals surface area contributed by atoms with Crippen LogP contribution in [0.1, 0.15) is 12.0 Å². The fourth-order valence-corrected chi connectivity index (χ4v) is 1.81. The van der Waals surface area contributed by atoms with E-state index in [1.807, 2.05) is 38.2 Å². The summed E-state index contributed by atoms with van der Waals surface area (Å²) in [6.07, 6.45) is 0.918. The van der Waals surface area contributed by atoms with Gasteiger partial charge in [-0.1, -0.05) is 12.1 Å². The van der Waals surface area contributed by atoms with E-state index in [0.717, 1.165) is 37.4 Å². The number of anilines is 1. The average Bonchev–Trinajstić information content (AvgIpc) is 2.41. The summed E-state index contributed by atoms with van der Waals surface area (Å²) in [4.78, 5) is 13.9. The normalized spacial score (nSPS) is 10.6. The number of likely N-dealkylation sites (N-methyl/N-ethyl adjacent to an activating group) is 1. The largest absolute Gasteiger partial charge is 0.383 e. The second kappa shape index (κ2) is 9.34. The molecule has 0 radical (unpaired) electrons. The number of nitrogens with zero attached hydrogens (tertiary/aromatic N) is 1. The Morgan fingerprint density at radius 3 is 2.85 bits per heavy atom. The first-order valence-corrected chi connectivity index (χ1v) is 6.91. The minimum Gasteiger partial charge on any atom is -0.383 e. The Labute approximate surface area is 121 Å². The first-order valence-electron chi connectivity index (χ1n) is 6.91. The molecule has 0 spiro atoms. The molecule has 0 aliphatic heterocycles. The number of methoxy groups -OCH3 is 1. The van der Waals surface area contributed by atoms with Gasteiger partial charge in [-0.25, -0.2) is 4.79 Å². The van der Waals surface area contributed by atoms with Crippen molar-refractivity contribution in [2.45, 2.75) is 13.3 Å². The summed E-state index contributed by atoms with van der Waals surface area (Å²) in [6, 6.07) is 7.59. The SMILES string of the molecule is COCCN(C)CCCNC(=O)Nc1cccc(C)c1. The standard InChI is InChI=1S/C15H25N3O2/c1-13-6-4-7-14(12-13)17-15(19)16-8-5-9-18(2)10-11-20-3/h4,6-7,12H,5,8-11H2,1-3H3,(H2,16,17,19). The van der Waals surface area contributed by atoms with Gasteiger partial charge in [0.1, 0.15) is 0 Å². The van der Waals surface area contributed by atoms with Crippen molar-refractivity contribution in [2.24, 2.45) is 0 Å². The highest BCUT2D eigenvalue weighted by Gasteiger charge is 2.02. The smallest absolute Gasteiger partial charge is 0.319 e. The van der Waals surface area contributed by atoms with E-state index in [2.05, 4.69) is 15.5 Å². The molecule has 0 fully saturated rings. The molecule has 0 bridgehead atoms. The van der Waals surface area contributed by atoms with Gasteiger partial charge in [0.15, 0.2) is 0 Å². The third-order valence-corrected chi connectivity index (χ3v) is 2.96. The highest BCUT2D eigenvalue weighted by Crippen LogP contribution is 2.08. The van der Waals surface area contributed by atoms with Gasteiger partial charge in [-0.2, -0.15) is 0 Å². The summed E-state index contributed by atoms with van der Waals surface area (Å²) in [5.41, 5.74) is 1.95. The van der Waals surface area contributed by atoms with Crippen LogP contribution in [0.15, 0.2) is 24.3 Å². The number of rotatable bonds is 8. The average molecular weight is 279 g/mol. The van der Waals surface area contributed by atoms with E-state index in [9.17, 15) is 4.79 Å². The van der Waals surface area contributed by atoms with Crippen molar-refractivity contribution < 1.29 is 9.53 Å². The number of ether oxygens (including phenoxy) is 1. The molecule has 0 saturated carbocycles. The van der Waals surface area contributed by atoms with Gasteiger partial charge in [0.25, 0.3) is 0 Å². The minimum absolute atomic E-state index is 0.157. The molecule has 1 aromatic carbocycles. The molecule has 0 atom stereocenters. The lowest BCUT2D eigenvalue weighted by Gasteiger charge is -2.16. The van der Waals surface area contributed by atoms with Crippen LogP contribution < -0.4 is 10.6 Å². The van der Waals surface area contributed by atoms with Gasteiger partial charge in [0.05, 0.1) is 6.61 Å². The maximum atomic E-state index is 11.7. The number of hydrogen-bond acceptors (Lipinski definition) is 3. The predicted molar refractivity (Wildman–Crippen MR) is 82.2 cm³/mol. The van der Waals surface area contributed by atoms with E-state index in [4.69, 9.17) is 4.74 Å². The maximum absolute atomic E-state index is 11.7. The quantitative estimate of drug-likeness (QED) is 0.716. The summed E-state index contributed by atoms with van der Waals surface area (Å²) in [6.45, 7) is 5.24. The topological polar surface area (TPSA) is 53.6 Å². The molecule has 0 heterocycles. The van der Waals surface area contributed by atoms with Crippen molar-refractivity contribution in [3.8, 4) is 0 Å². The third kappa shape index (κ3) is 7.11. The van der Waals surface area contributed by atoms with Gasteiger partial charge in [-0.3, -0.25) is 0 Å². The van der Waals surface area contributed by atoms with Crippen LogP contribution in [0.5, 0.6) is 0 Å². The molecular weight excluding hydrogens is 254 g/mol. The number of aryl methyl sites for hydroxylation is 1.